The van der Waals surface area contributed by atoms with Crippen LogP contribution in [0, 0.1) is 5.82 Å². The highest BCUT2D eigenvalue weighted by Gasteiger charge is 2.33. The van der Waals surface area contributed by atoms with Crippen molar-refractivity contribution in [2.45, 2.75) is 13.0 Å². The maximum absolute atomic E-state index is 14.8. The van der Waals surface area contributed by atoms with E-state index in [0.717, 1.165) is 5.06 Å². The summed E-state index contributed by atoms with van der Waals surface area (Å²) in [5.74, 6) is -0.609. The molecule has 0 unspecified atom stereocenters. The Morgan fingerprint density at radius 2 is 2.22 bits per heavy atom. The number of allylic oxidation sites excluding steroid dienone is 6. The zero-order valence-corrected chi connectivity index (χ0v) is 17.1. The molecule has 3 aliphatic heterocycles. The number of hydrogen-bond acceptors (Lipinski definition) is 7. The van der Waals surface area contributed by atoms with Crippen LogP contribution in [0.25, 0.3) is 0 Å². The summed E-state index contributed by atoms with van der Waals surface area (Å²) in [4.78, 5) is 32.9. The van der Waals surface area contributed by atoms with Gasteiger partial charge in [0.2, 0.25) is 5.91 Å². The first-order valence-electron chi connectivity index (χ1n) is 9.81. The maximum atomic E-state index is 14.8. The van der Waals surface area contributed by atoms with Crippen molar-refractivity contribution < 1.29 is 23.9 Å². The van der Waals surface area contributed by atoms with Gasteiger partial charge in [0.15, 0.2) is 5.84 Å². The predicted molar refractivity (Wildman–Crippen MR) is 116 cm³/mol. The van der Waals surface area contributed by atoms with Crippen LogP contribution in [0.4, 0.5) is 14.9 Å². The molecular formula is C22H20FN5O4. The number of ether oxygens (including phenoxy) is 1. The van der Waals surface area contributed by atoms with Gasteiger partial charge in [-0.3, -0.25) is 14.9 Å². The summed E-state index contributed by atoms with van der Waals surface area (Å²) >= 11 is 0. The number of benzene rings is 1. The second kappa shape index (κ2) is 8.98. The number of anilines is 1. The number of carbonyl (C=O) groups is 2. The number of cyclic esters (lactones) is 1. The normalized spacial score (nSPS) is 22.2. The summed E-state index contributed by atoms with van der Waals surface area (Å²) in [5.41, 5.74) is 1.57. The van der Waals surface area contributed by atoms with E-state index in [-0.39, 0.29) is 30.4 Å². The van der Waals surface area contributed by atoms with Gasteiger partial charge in [-0.2, -0.15) is 0 Å². The topological polar surface area (TPSA) is 107 Å². The lowest BCUT2D eigenvalue weighted by molar-refractivity contribution is -0.119. The minimum atomic E-state index is -0.605. The van der Waals surface area contributed by atoms with Crippen molar-refractivity contribution in [3.05, 3.63) is 77.6 Å². The molecule has 2 amide bonds. The van der Waals surface area contributed by atoms with Crippen LogP contribution in [0.5, 0.6) is 0 Å². The molecule has 3 heterocycles. The van der Waals surface area contributed by atoms with Crippen LogP contribution < -0.4 is 10.2 Å². The fourth-order valence-electron chi connectivity index (χ4n) is 3.22. The van der Waals surface area contributed by atoms with Crippen LogP contribution in [-0.4, -0.2) is 53.5 Å². The molecule has 1 atom stereocenters. The monoisotopic (exact) mass is 437 g/mol. The van der Waals surface area contributed by atoms with Gasteiger partial charge in [0.05, 0.1) is 41.9 Å². The third kappa shape index (κ3) is 4.65. The number of nitrogens with one attached hydrogen (secondary N) is 1. The molecule has 1 aromatic rings. The summed E-state index contributed by atoms with van der Waals surface area (Å²) in [7, 11) is 0. The van der Waals surface area contributed by atoms with E-state index in [4.69, 9.17) is 4.74 Å². The van der Waals surface area contributed by atoms with E-state index in [1.165, 1.54) is 36.4 Å². The molecule has 0 aromatic heterocycles. The Kier molecular flexibility index (Phi) is 5.95. The summed E-state index contributed by atoms with van der Waals surface area (Å²) in [6.07, 6.45) is 10.4. The van der Waals surface area contributed by atoms with Crippen LogP contribution in [0.3, 0.4) is 0 Å². The molecule has 32 heavy (non-hydrogen) atoms. The highest BCUT2D eigenvalue weighted by atomic mass is 19.1. The molecule has 1 aromatic carbocycles. The summed E-state index contributed by atoms with van der Waals surface area (Å²) < 4.78 is 20.0. The molecule has 1 saturated heterocycles. The second-order valence-corrected chi connectivity index (χ2v) is 7.14. The Hall–Kier alpha value is -4.05. The third-order valence-electron chi connectivity index (χ3n) is 4.81. The van der Waals surface area contributed by atoms with Gasteiger partial charge in [-0.1, -0.05) is 6.08 Å². The van der Waals surface area contributed by atoms with E-state index in [0.29, 0.717) is 17.1 Å². The highest BCUT2D eigenvalue weighted by molar-refractivity contribution is 6.11. The minimum absolute atomic E-state index is 0.188. The number of nitrogens with zero attached hydrogens (tertiary/aromatic N) is 4. The van der Waals surface area contributed by atoms with E-state index in [1.54, 1.807) is 36.4 Å². The van der Waals surface area contributed by atoms with Crippen LogP contribution in [0.2, 0.25) is 0 Å². The predicted octanol–water partition coefficient (Wildman–Crippen LogP) is 2.66. The van der Waals surface area contributed by atoms with Crippen molar-refractivity contribution in [2.24, 2.45) is 9.98 Å². The molecular weight excluding hydrogens is 417 g/mol. The van der Waals surface area contributed by atoms with Crippen molar-refractivity contribution in [1.29, 1.82) is 0 Å². The fourth-order valence-corrected chi connectivity index (χ4v) is 3.22. The molecule has 4 rings (SSSR count). The third-order valence-corrected chi connectivity index (χ3v) is 4.81. The number of hydroxylamine groups is 2. The number of amides is 2. The highest BCUT2D eigenvalue weighted by Crippen LogP contribution is 2.25. The Labute approximate surface area is 183 Å². The molecule has 3 aliphatic rings. The van der Waals surface area contributed by atoms with Crippen molar-refractivity contribution in [1.82, 2.24) is 10.4 Å². The quantitative estimate of drug-likeness (QED) is 0.737. The zero-order chi connectivity index (χ0) is 22.7. The van der Waals surface area contributed by atoms with Crippen molar-refractivity contribution in [2.75, 3.05) is 18.0 Å². The largest absolute Gasteiger partial charge is 0.442 e. The number of aliphatic imine (C=N–C) groups is 2. The summed E-state index contributed by atoms with van der Waals surface area (Å²) in [5, 5.41) is 13.3. The molecule has 9 nitrogen and oxygen atoms in total. The molecule has 0 aliphatic carbocycles. The van der Waals surface area contributed by atoms with Crippen molar-refractivity contribution in [3.63, 3.8) is 0 Å². The molecule has 2 N–H and O–H groups in total. The van der Waals surface area contributed by atoms with E-state index >= 15 is 0 Å². The summed E-state index contributed by atoms with van der Waals surface area (Å²) in [6, 6.07) is 4.31. The number of hydrogen-bond donors (Lipinski definition) is 2. The van der Waals surface area contributed by atoms with Gasteiger partial charge in [0.1, 0.15) is 11.9 Å². The van der Waals surface area contributed by atoms with Gasteiger partial charge >= 0.3 is 6.09 Å². The molecule has 164 valence electrons. The van der Waals surface area contributed by atoms with Crippen LogP contribution in [-0.2, 0) is 9.53 Å². The number of amidine groups is 1. The Bertz CT molecular complexity index is 1140. The maximum Gasteiger partial charge on any atom is 0.414 e. The Morgan fingerprint density at radius 1 is 1.38 bits per heavy atom. The lowest BCUT2D eigenvalue weighted by atomic mass is 10.1. The lowest BCUT2D eigenvalue weighted by Gasteiger charge is -2.14. The standard InChI is InChI=1S/C22H20FN5O4/c1-14(29)24-12-18-13-27(22(30)32-18)17-7-8-19(20(23)10-17)21-25-11-15(26-21)5-6-16-4-2-3-9-28(16)31/h2-11,18,31H,12-13H2,1H3,(H,24,29)/t18-/m0/s1. The molecule has 1 fully saturated rings. The minimum Gasteiger partial charge on any atom is -0.442 e. The van der Waals surface area contributed by atoms with E-state index in [9.17, 15) is 19.2 Å². The van der Waals surface area contributed by atoms with Gasteiger partial charge in [-0.15, -0.1) is 0 Å². The smallest absolute Gasteiger partial charge is 0.414 e. The Balaban J connectivity index is 1.47. The average Bonchev–Trinajstić information content (AvgIpc) is 3.38. The second-order valence-electron chi connectivity index (χ2n) is 7.14. The van der Waals surface area contributed by atoms with Crippen LogP contribution in [0.1, 0.15) is 12.5 Å². The first-order chi connectivity index (χ1) is 15.4. The van der Waals surface area contributed by atoms with Gasteiger partial charge in [0, 0.05) is 13.1 Å². The first kappa shape index (κ1) is 21.2. The fraction of sp³-hybridized carbons (Fsp3) is 0.182. The van der Waals surface area contributed by atoms with Crippen molar-refractivity contribution in [3.8, 4) is 0 Å². The van der Waals surface area contributed by atoms with Gasteiger partial charge < -0.3 is 10.1 Å². The van der Waals surface area contributed by atoms with Gasteiger partial charge in [0.25, 0.3) is 0 Å². The number of halogens is 1. The molecule has 0 bridgehead atoms. The summed E-state index contributed by atoms with van der Waals surface area (Å²) in [6.45, 7) is 1.76. The zero-order valence-electron chi connectivity index (χ0n) is 17.1. The SMILES string of the molecule is CC(=O)NC[C@H]1CN(c2ccc(C3=NC(=CC=C4C=CC=CN4O)C=N3)c(F)c2)C(=O)O1. The van der Waals surface area contributed by atoms with Crippen LogP contribution in [0.15, 0.2) is 76.2 Å². The van der Waals surface area contributed by atoms with Gasteiger partial charge in [-0.05, 0) is 42.5 Å². The average molecular weight is 437 g/mol. The number of carbonyl (C=O) groups excluding carboxylic acids is 2. The number of rotatable bonds is 5. The van der Waals surface area contributed by atoms with E-state index in [1.807, 2.05) is 0 Å². The lowest BCUT2D eigenvalue weighted by Crippen LogP contribution is -2.33. The molecule has 0 saturated carbocycles. The van der Waals surface area contributed by atoms with Gasteiger partial charge in [-0.25, -0.2) is 24.2 Å². The van der Waals surface area contributed by atoms with Crippen molar-refractivity contribution >= 4 is 29.7 Å². The first-order valence-corrected chi connectivity index (χ1v) is 9.81. The molecule has 0 radical (unpaired) electrons. The van der Waals surface area contributed by atoms with E-state index in [2.05, 4.69) is 15.3 Å². The molecule has 0 spiro atoms. The van der Waals surface area contributed by atoms with E-state index < -0.39 is 18.0 Å². The van der Waals surface area contributed by atoms with Crippen LogP contribution >= 0.6 is 0 Å². The Morgan fingerprint density at radius 3 is 2.97 bits per heavy atom. The molecule has 10 heteroatoms.